The van der Waals surface area contributed by atoms with Crippen molar-refractivity contribution in [1.82, 2.24) is 4.90 Å². The molecule has 1 saturated heterocycles. The maximum Gasteiger partial charge on any atom is 0.410 e. The summed E-state index contributed by atoms with van der Waals surface area (Å²) >= 11 is 0. The molecular weight excluding hydrogens is 232 g/mol. The molecular formula is C13H22N2O3. The highest BCUT2D eigenvalue weighted by atomic mass is 16.6. The zero-order chi connectivity index (χ0) is 13.6. The minimum absolute atomic E-state index is 0.0876. The van der Waals surface area contributed by atoms with Crippen molar-refractivity contribution in [3.8, 4) is 0 Å². The van der Waals surface area contributed by atoms with Crippen LogP contribution in [0.1, 0.15) is 40.0 Å². The van der Waals surface area contributed by atoms with Gasteiger partial charge in [0.15, 0.2) is 0 Å². The van der Waals surface area contributed by atoms with Crippen molar-refractivity contribution in [2.24, 2.45) is 17.1 Å². The number of hydrogen-bond donors (Lipinski definition) is 1. The van der Waals surface area contributed by atoms with Gasteiger partial charge in [-0.15, -0.1) is 0 Å². The Morgan fingerprint density at radius 1 is 1.28 bits per heavy atom. The lowest BCUT2D eigenvalue weighted by Crippen LogP contribution is -2.50. The quantitative estimate of drug-likeness (QED) is 0.771. The average Bonchev–Trinajstić information content (AvgIpc) is 2.96. The first-order valence-corrected chi connectivity index (χ1v) is 6.51. The Morgan fingerprint density at radius 2 is 1.89 bits per heavy atom. The lowest BCUT2D eigenvalue weighted by molar-refractivity contribution is -0.126. The number of primary amides is 1. The number of rotatable bonds is 1. The molecule has 5 nitrogen and oxygen atoms in total. The summed E-state index contributed by atoms with van der Waals surface area (Å²) in [5.41, 5.74) is 5.04. The van der Waals surface area contributed by atoms with Crippen LogP contribution in [0.4, 0.5) is 4.79 Å². The van der Waals surface area contributed by atoms with E-state index in [2.05, 4.69) is 0 Å². The van der Waals surface area contributed by atoms with E-state index in [0.717, 1.165) is 19.3 Å². The highest BCUT2D eigenvalue weighted by molar-refractivity contribution is 5.79. The largest absolute Gasteiger partial charge is 0.444 e. The van der Waals surface area contributed by atoms with Crippen LogP contribution in [0.5, 0.6) is 0 Å². The Kier molecular flexibility index (Phi) is 3.03. The van der Waals surface area contributed by atoms with Crippen LogP contribution < -0.4 is 5.73 Å². The molecule has 1 unspecified atom stereocenters. The lowest BCUT2D eigenvalue weighted by Gasteiger charge is -2.38. The molecule has 0 aromatic rings. The van der Waals surface area contributed by atoms with E-state index in [-0.39, 0.29) is 23.3 Å². The van der Waals surface area contributed by atoms with Crippen LogP contribution in [-0.4, -0.2) is 35.6 Å². The number of carbonyl (C=O) groups excluding carboxylic acids is 2. The zero-order valence-electron chi connectivity index (χ0n) is 11.4. The molecule has 2 fully saturated rings. The van der Waals surface area contributed by atoms with Crippen molar-refractivity contribution in [3.05, 3.63) is 0 Å². The fourth-order valence-corrected chi connectivity index (χ4v) is 2.68. The van der Waals surface area contributed by atoms with E-state index in [1.165, 1.54) is 0 Å². The van der Waals surface area contributed by atoms with Crippen LogP contribution >= 0.6 is 0 Å². The summed E-state index contributed by atoms with van der Waals surface area (Å²) in [6.45, 7) is 6.58. The smallest absolute Gasteiger partial charge is 0.410 e. The standard InChI is InChI=1S/C13H22N2O3/c1-12(2,3)18-11(17)15-7-6-13(4-5-13)9(8-15)10(14)16/h9H,4-8H2,1-3H3,(H2,14,16). The Labute approximate surface area is 108 Å². The molecule has 2 amide bonds. The summed E-state index contributed by atoms with van der Waals surface area (Å²) in [4.78, 5) is 25.1. The summed E-state index contributed by atoms with van der Waals surface area (Å²) in [6.07, 6.45) is 2.63. The number of nitrogens with zero attached hydrogens (tertiary/aromatic N) is 1. The van der Waals surface area contributed by atoms with Gasteiger partial charge in [-0.1, -0.05) is 0 Å². The molecule has 0 radical (unpaired) electrons. The number of likely N-dealkylation sites (tertiary alicyclic amines) is 1. The second-order valence-electron chi connectivity index (χ2n) is 6.49. The van der Waals surface area contributed by atoms with Crippen LogP contribution in [-0.2, 0) is 9.53 Å². The number of hydrogen-bond acceptors (Lipinski definition) is 3. The van der Waals surface area contributed by atoms with Gasteiger partial charge in [-0.2, -0.15) is 0 Å². The van der Waals surface area contributed by atoms with E-state index in [1.54, 1.807) is 4.90 Å². The molecule has 1 heterocycles. The molecule has 2 rings (SSSR count). The molecule has 5 heteroatoms. The molecule has 18 heavy (non-hydrogen) atoms. The Balaban J connectivity index is 2.00. The molecule has 1 spiro atoms. The van der Waals surface area contributed by atoms with Crippen LogP contribution in [0, 0.1) is 11.3 Å². The second-order valence-corrected chi connectivity index (χ2v) is 6.49. The zero-order valence-corrected chi connectivity index (χ0v) is 11.4. The Morgan fingerprint density at radius 3 is 2.33 bits per heavy atom. The molecule has 0 bridgehead atoms. The summed E-state index contributed by atoms with van der Waals surface area (Å²) in [6, 6.07) is 0. The van der Waals surface area contributed by atoms with Crippen LogP contribution in [0.3, 0.4) is 0 Å². The predicted molar refractivity (Wildman–Crippen MR) is 66.8 cm³/mol. The van der Waals surface area contributed by atoms with Crippen molar-refractivity contribution in [2.75, 3.05) is 13.1 Å². The van der Waals surface area contributed by atoms with Gasteiger partial charge in [0.2, 0.25) is 5.91 Å². The van der Waals surface area contributed by atoms with Crippen molar-refractivity contribution >= 4 is 12.0 Å². The van der Waals surface area contributed by atoms with Gasteiger partial charge in [-0.05, 0) is 45.4 Å². The van der Waals surface area contributed by atoms with E-state index in [1.807, 2.05) is 20.8 Å². The SMILES string of the molecule is CC(C)(C)OC(=O)N1CCC2(CC2)C(C(N)=O)C1. The molecule has 102 valence electrons. The molecule has 1 atom stereocenters. The van der Waals surface area contributed by atoms with E-state index in [9.17, 15) is 9.59 Å². The molecule has 0 aromatic heterocycles. The molecule has 0 aromatic carbocycles. The summed E-state index contributed by atoms with van der Waals surface area (Å²) in [7, 11) is 0. The van der Waals surface area contributed by atoms with Gasteiger partial charge in [0.25, 0.3) is 0 Å². The van der Waals surface area contributed by atoms with E-state index in [4.69, 9.17) is 10.5 Å². The van der Waals surface area contributed by atoms with Crippen LogP contribution in [0.2, 0.25) is 0 Å². The summed E-state index contributed by atoms with van der Waals surface area (Å²) < 4.78 is 5.33. The van der Waals surface area contributed by atoms with Gasteiger partial charge in [0, 0.05) is 13.1 Å². The molecule has 2 aliphatic rings. The minimum atomic E-state index is -0.506. The third kappa shape index (κ3) is 2.60. The highest BCUT2D eigenvalue weighted by Gasteiger charge is 2.54. The van der Waals surface area contributed by atoms with Crippen molar-refractivity contribution in [2.45, 2.75) is 45.6 Å². The number of piperidine rings is 1. The molecule has 1 saturated carbocycles. The monoisotopic (exact) mass is 254 g/mol. The lowest BCUT2D eigenvalue weighted by atomic mass is 9.82. The first-order chi connectivity index (χ1) is 8.23. The Hall–Kier alpha value is -1.26. The third-order valence-electron chi connectivity index (χ3n) is 3.91. The maximum absolute atomic E-state index is 12.0. The Bertz CT molecular complexity index is 369. The van der Waals surface area contributed by atoms with Gasteiger partial charge in [0.1, 0.15) is 5.60 Å². The second kappa shape index (κ2) is 4.14. The first-order valence-electron chi connectivity index (χ1n) is 6.51. The number of ether oxygens (including phenoxy) is 1. The first kappa shape index (κ1) is 13.2. The predicted octanol–water partition coefficient (Wildman–Crippen LogP) is 1.51. The number of nitrogens with two attached hydrogens (primary N) is 1. The van der Waals surface area contributed by atoms with Gasteiger partial charge in [-0.3, -0.25) is 4.79 Å². The maximum atomic E-state index is 12.0. The minimum Gasteiger partial charge on any atom is -0.444 e. The van der Waals surface area contributed by atoms with Gasteiger partial charge >= 0.3 is 6.09 Å². The highest BCUT2D eigenvalue weighted by Crippen LogP contribution is 2.56. The number of amides is 2. The number of carbonyl (C=O) groups is 2. The summed E-state index contributed by atoms with van der Waals surface area (Å²) in [5, 5.41) is 0. The fraction of sp³-hybridized carbons (Fsp3) is 0.846. The normalized spacial score (nSPS) is 25.9. The van der Waals surface area contributed by atoms with Gasteiger partial charge < -0.3 is 15.4 Å². The third-order valence-corrected chi connectivity index (χ3v) is 3.91. The van der Waals surface area contributed by atoms with Crippen LogP contribution in [0.15, 0.2) is 0 Å². The average molecular weight is 254 g/mol. The van der Waals surface area contributed by atoms with E-state index < -0.39 is 5.60 Å². The molecule has 1 aliphatic carbocycles. The van der Waals surface area contributed by atoms with Crippen LogP contribution in [0.25, 0.3) is 0 Å². The van der Waals surface area contributed by atoms with E-state index in [0.29, 0.717) is 13.1 Å². The van der Waals surface area contributed by atoms with E-state index >= 15 is 0 Å². The fourth-order valence-electron chi connectivity index (χ4n) is 2.68. The van der Waals surface area contributed by atoms with Crippen molar-refractivity contribution in [3.63, 3.8) is 0 Å². The summed E-state index contributed by atoms with van der Waals surface area (Å²) in [5.74, 6) is -0.500. The topological polar surface area (TPSA) is 72.6 Å². The van der Waals surface area contributed by atoms with Crippen molar-refractivity contribution in [1.29, 1.82) is 0 Å². The van der Waals surface area contributed by atoms with Gasteiger partial charge in [0.05, 0.1) is 5.92 Å². The molecule has 1 aliphatic heterocycles. The molecule has 2 N–H and O–H groups in total. The van der Waals surface area contributed by atoms with Crippen molar-refractivity contribution < 1.29 is 14.3 Å². The van der Waals surface area contributed by atoms with Gasteiger partial charge in [-0.25, -0.2) is 4.79 Å².